The lowest BCUT2D eigenvalue weighted by Crippen LogP contribution is -2.33. The molecule has 1 fully saturated rings. The number of hydrogen-bond acceptors (Lipinski definition) is 4. The predicted octanol–water partition coefficient (Wildman–Crippen LogP) is 5.15. The molecule has 0 saturated heterocycles. The minimum Gasteiger partial charge on any atom is -0.324 e. The van der Waals surface area contributed by atoms with Crippen LogP contribution in [0.3, 0.4) is 0 Å². The second-order valence-electron chi connectivity index (χ2n) is 8.74. The van der Waals surface area contributed by atoms with E-state index in [0.717, 1.165) is 29.9 Å². The largest absolute Gasteiger partial charge is 0.324 e. The summed E-state index contributed by atoms with van der Waals surface area (Å²) in [5, 5.41) is 6.36. The number of anilines is 1. The molecule has 6 heteroatoms. The van der Waals surface area contributed by atoms with E-state index < -0.39 is 6.04 Å². The molecule has 4 aromatic rings. The predicted molar refractivity (Wildman–Crippen MR) is 132 cm³/mol. The van der Waals surface area contributed by atoms with Crippen molar-refractivity contribution in [2.75, 3.05) is 11.1 Å². The molecular formula is C27H23N3O2S. The van der Waals surface area contributed by atoms with Crippen molar-refractivity contribution in [2.45, 2.75) is 36.2 Å². The van der Waals surface area contributed by atoms with Crippen LogP contribution in [-0.2, 0) is 11.2 Å². The topological polar surface area (TPSA) is 64.0 Å². The van der Waals surface area contributed by atoms with Gasteiger partial charge in [-0.15, -0.1) is 11.8 Å². The van der Waals surface area contributed by atoms with Crippen LogP contribution in [0.1, 0.15) is 41.5 Å². The molecule has 1 atom stereocenters. The molecule has 2 aliphatic rings. The van der Waals surface area contributed by atoms with Gasteiger partial charge < -0.3 is 5.32 Å². The van der Waals surface area contributed by atoms with Gasteiger partial charge in [0.15, 0.2) is 0 Å². The van der Waals surface area contributed by atoms with Crippen molar-refractivity contribution in [3.63, 3.8) is 0 Å². The number of aromatic nitrogens is 2. The number of carbonyl (C=O) groups excluding carboxylic acids is 1. The van der Waals surface area contributed by atoms with Crippen molar-refractivity contribution >= 4 is 34.1 Å². The lowest BCUT2D eigenvalue weighted by atomic mass is 9.95. The Bertz CT molecular complexity index is 1420. The Morgan fingerprint density at radius 2 is 1.82 bits per heavy atom. The van der Waals surface area contributed by atoms with E-state index in [1.807, 2.05) is 0 Å². The van der Waals surface area contributed by atoms with Crippen molar-refractivity contribution in [1.82, 2.24) is 9.55 Å². The van der Waals surface area contributed by atoms with E-state index in [1.54, 1.807) is 46.9 Å². The number of benzene rings is 2. The Hall–Kier alpha value is -3.38. The highest BCUT2D eigenvalue weighted by Gasteiger charge is 2.37. The lowest BCUT2D eigenvalue weighted by Gasteiger charge is -2.18. The van der Waals surface area contributed by atoms with Crippen molar-refractivity contribution < 1.29 is 4.79 Å². The summed E-state index contributed by atoms with van der Waals surface area (Å²) in [5.41, 5.74) is 4.20. The van der Waals surface area contributed by atoms with Crippen LogP contribution in [0, 0.1) is 0 Å². The Morgan fingerprint density at radius 3 is 2.64 bits per heavy atom. The maximum atomic E-state index is 13.3. The minimum atomic E-state index is -0.505. The molecule has 1 saturated carbocycles. The molecule has 164 valence electrons. The molecule has 1 aliphatic carbocycles. The molecule has 0 bridgehead atoms. The third kappa shape index (κ3) is 3.74. The zero-order valence-corrected chi connectivity index (χ0v) is 18.8. The highest BCUT2D eigenvalue weighted by Crippen LogP contribution is 2.48. The Morgan fingerprint density at radius 1 is 1.03 bits per heavy atom. The summed E-state index contributed by atoms with van der Waals surface area (Å²) in [6.07, 6.45) is 6.29. The first-order valence-electron chi connectivity index (χ1n) is 11.3. The van der Waals surface area contributed by atoms with E-state index in [0.29, 0.717) is 17.4 Å². The van der Waals surface area contributed by atoms with Gasteiger partial charge >= 0.3 is 0 Å². The lowest BCUT2D eigenvalue weighted by molar-refractivity contribution is -0.118. The smallest absolute Gasteiger partial charge is 0.252 e. The molecule has 1 N–H and O–H groups in total. The monoisotopic (exact) mass is 453 g/mol. The number of thioether (sulfide) groups is 1. The fourth-order valence-electron chi connectivity index (χ4n) is 4.80. The van der Waals surface area contributed by atoms with Gasteiger partial charge in [-0.2, -0.15) is 0 Å². The second kappa shape index (κ2) is 8.19. The molecule has 0 radical (unpaired) electrons. The summed E-state index contributed by atoms with van der Waals surface area (Å²) in [6, 6.07) is 19.5. The van der Waals surface area contributed by atoms with Gasteiger partial charge in [0.2, 0.25) is 5.91 Å². The number of nitrogens with one attached hydrogen (secondary N) is 1. The van der Waals surface area contributed by atoms with Crippen LogP contribution in [0.4, 0.5) is 5.69 Å². The zero-order valence-electron chi connectivity index (χ0n) is 18.0. The number of carbonyl (C=O) groups is 1. The fraction of sp³-hybridized carbons (Fsp3) is 0.222. The summed E-state index contributed by atoms with van der Waals surface area (Å²) in [4.78, 5) is 30.3. The quantitative estimate of drug-likeness (QED) is 0.454. The molecule has 5 nitrogen and oxygen atoms in total. The van der Waals surface area contributed by atoms with Gasteiger partial charge in [-0.05, 0) is 64.8 Å². The second-order valence-corrected chi connectivity index (χ2v) is 9.75. The number of pyridine rings is 2. The van der Waals surface area contributed by atoms with Gasteiger partial charge in [-0.1, -0.05) is 42.5 Å². The van der Waals surface area contributed by atoms with Crippen molar-refractivity contribution in [3.8, 4) is 0 Å². The average Bonchev–Trinajstić information content (AvgIpc) is 3.57. The van der Waals surface area contributed by atoms with Crippen molar-refractivity contribution in [2.24, 2.45) is 0 Å². The van der Waals surface area contributed by atoms with Crippen LogP contribution < -0.4 is 10.9 Å². The van der Waals surface area contributed by atoms with Crippen molar-refractivity contribution in [1.29, 1.82) is 0 Å². The maximum absolute atomic E-state index is 13.3. The summed E-state index contributed by atoms with van der Waals surface area (Å²) >= 11 is 1.64. The Kier molecular flexibility index (Phi) is 5.03. The molecule has 3 heterocycles. The first-order valence-corrected chi connectivity index (χ1v) is 12.3. The number of rotatable bonds is 5. The number of nitrogens with zero attached hydrogens (tertiary/aromatic N) is 2. The molecular weight excluding hydrogens is 430 g/mol. The highest BCUT2D eigenvalue weighted by molar-refractivity contribution is 7.99. The van der Waals surface area contributed by atoms with E-state index in [-0.39, 0.29) is 11.5 Å². The molecule has 0 spiro atoms. The first-order chi connectivity index (χ1) is 16.2. The maximum Gasteiger partial charge on any atom is 0.252 e. The zero-order chi connectivity index (χ0) is 22.4. The van der Waals surface area contributed by atoms with Gasteiger partial charge in [-0.25, -0.2) is 0 Å². The van der Waals surface area contributed by atoms with Gasteiger partial charge in [0.1, 0.15) is 6.04 Å². The van der Waals surface area contributed by atoms with Crippen LogP contribution in [0.25, 0.3) is 10.8 Å². The third-order valence-electron chi connectivity index (χ3n) is 6.52. The van der Waals surface area contributed by atoms with Crippen LogP contribution in [-0.4, -0.2) is 21.2 Å². The van der Waals surface area contributed by atoms with Crippen LogP contribution in [0.2, 0.25) is 0 Å². The van der Waals surface area contributed by atoms with E-state index in [1.165, 1.54) is 21.9 Å². The van der Waals surface area contributed by atoms with E-state index in [2.05, 4.69) is 52.8 Å². The minimum absolute atomic E-state index is 0.0930. The molecule has 2 aromatic heterocycles. The van der Waals surface area contributed by atoms with E-state index in [9.17, 15) is 9.59 Å². The molecule has 1 amide bonds. The van der Waals surface area contributed by atoms with Gasteiger partial charge in [0.05, 0.1) is 5.03 Å². The third-order valence-corrected chi connectivity index (χ3v) is 7.69. The average molecular weight is 454 g/mol. The van der Waals surface area contributed by atoms with E-state index in [4.69, 9.17) is 0 Å². The van der Waals surface area contributed by atoms with Crippen molar-refractivity contribution in [3.05, 3.63) is 100 Å². The normalized spacial score (nSPS) is 17.2. The number of hydrogen-bond donors (Lipinski definition) is 1. The Labute approximate surface area is 195 Å². The van der Waals surface area contributed by atoms with Crippen LogP contribution in [0.5, 0.6) is 0 Å². The van der Waals surface area contributed by atoms with Gasteiger partial charge in [-0.3, -0.25) is 19.1 Å². The van der Waals surface area contributed by atoms with Crippen LogP contribution in [0.15, 0.2) is 82.9 Å². The standard InChI is InChI=1S/C27H23N3O2S/c31-24-15-20(14-19-6-3-5-17-4-1-2-7-22(17)19)25(18-8-9-18)27-30(24)23(16-33-27)26(32)29-21-10-12-28-13-11-21/h1-7,10-13,15,18,23H,8-9,14,16H2,(H,28,29,32). The van der Waals surface area contributed by atoms with Gasteiger partial charge in [0, 0.05) is 29.9 Å². The molecule has 1 aliphatic heterocycles. The first kappa shape index (κ1) is 20.2. The molecule has 1 unspecified atom stereocenters. The summed E-state index contributed by atoms with van der Waals surface area (Å²) in [5.74, 6) is 0.897. The SMILES string of the molecule is O=C(Nc1ccncc1)C1CSc2c(C3CC3)c(Cc3cccc4ccccc34)cc(=O)n21. The summed E-state index contributed by atoms with van der Waals surface area (Å²) in [7, 11) is 0. The number of fused-ring (bicyclic) bond motifs is 2. The summed E-state index contributed by atoms with van der Waals surface area (Å²) in [6.45, 7) is 0. The molecule has 2 aromatic carbocycles. The van der Waals surface area contributed by atoms with Crippen LogP contribution >= 0.6 is 11.8 Å². The fourth-order valence-corrected chi connectivity index (χ4v) is 6.22. The summed E-state index contributed by atoms with van der Waals surface area (Å²) < 4.78 is 1.72. The van der Waals surface area contributed by atoms with E-state index >= 15 is 0 Å². The molecule has 33 heavy (non-hydrogen) atoms. The van der Waals surface area contributed by atoms with Gasteiger partial charge in [0.25, 0.3) is 5.56 Å². The highest BCUT2D eigenvalue weighted by atomic mass is 32.2. The Balaban J connectivity index is 1.39. The molecule has 6 rings (SSSR count). The number of amides is 1.